The lowest BCUT2D eigenvalue weighted by atomic mass is 10.2. The van der Waals surface area contributed by atoms with Gasteiger partial charge in [-0.2, -0.15) is 5.26 Å². The molecule has 2 aromatic rings. The second kappa shape index (κ2) is 5.55. The Morgan fingerprint density at radius 2 is 2.11 bits per heavy atom. The number of carbonyl (C=O) groups is 1. The zero-order chi connectivity index (χ0) is 13.8. The first kappa shape index (κ1) is 13.1. The van der Waals surface area contributed by atoms with Crippen molar-refractivity contribution in [1.29, 1.82) is 5.26 Å². The van der Waals surface area contributed by atoms with Crippen LogP contribution in [0.5, 0.6) is 5.75 Å². The van der Waals surface area contributed by atoms with E-state index in [0.717, 1.165) is 10.4 Å². The molecule has 5 heteroatoms. The summed E-state index contributed by atoms with van der Waals surface area (Å²) in [6.07, 6.45) is 0. The second-order valence-corrected chi connectivity index (χ2v) is 5.21. The van der Waals surface area contributed by atoms with Crippen molar-refractivity contribution in [3.8, 4) is 11.8 Å². The summed E-state index contributed by atoms with van der Waals surface area (Å²) in [4.78, 5) is 12.1. The number of carboxylic acid groups (broad SMARTS) is 1. The summed E-state index contributed by atoms with van der Waals surface area (Å²) in [5, 5.41) is 17.7. The molecule has 1 aromatic heterocycles. The van der Waals surface area contributed by atoms with Crippen LogP contribution < -0.4 is 4.74 Å². The van der Waals surface area contributed by atoms with E-state index >= 15 is 0 Å². The lowest BCUT2D eigenvalue weighted by molar-refractivity contribution is 0.0697. The molecular formula is C14H11NO3S. The molecule has 1 N–H and O–H groups in total. The Hall–Kier alpha value is -2.32. The minimum absolute atomic E-state index is 0.214. The first-order chi connectivity index (χ1) is 9.10. The monoisotopic (exact) mass is 273 g/mol. The van der Waals surface area contributed by atoms with E-state index in [-0.39, 0.29) is 11.5 Å². The van der Waals surface area contributed by atoms with Crippen molar-refractivity contribution in [3.05, 3.63) is 51.2 Å². The molecular weight excluding hydrogens is 262 g/mol. The number of carboxylic acids is 1. The Bertz CT molecular complexity index is 638. The molecule has 4 nitrogen and oxygen atoms in total. The lowest BCUT2D eigenvalue weighted by Crippen LogP contribution is -2.00. The van der Waals surface area contributed by atoms with Crippen LogP contribution in [-0.4, -0.2) is 11.1 Å². The van der Waals surface area contributed by atoms with Gasteiger partial charge in [-0.25, -0.2) is 4.79 Å². The van der Waals surface area contributed by atoms with Crippen LogP contribution >= 0.6 is 11.3 Å². The highest BCUT2D eigenvalue weighted by molar-refractivity contribution is 7.14. The average Bonchev–Trinajstić information content (AvgIpc) is 2.78. The molecule has 0 fully saturated rings. The van der Waals surface area contributed by atoms with Crippen molar-refractivity contribution in [2.24, 2.45) is 0 Å². The largest absolute Gasteiger partial charge is 0.487 e. The van der Waals surface area contributed by atoms with E-state index in [1.807, 2.05) is 13.0 Å². The van der Waals surface area contributed by atoms with Crippen LogP contribution in [0.2, 0.25) is 0 Å². The Morgan fingerprint density at radius 1 is 1.42 bits per heavy atom. The van der Waals surface area contributed by atoms with Gasteiger partial charge in [0, 0.05) is 4.88 Å². The predicted molar refractivity (Wildman–Crippen MR) is 71.5 cm³/mol. The van der Waals surface area contributed by atoms with Gasteiger partial charge in [0.2, 0.25) is 0 Å². The Kier molecular flexibility index (Phi) is 3.83. The summed E-state index contributed by atoms with van der Waals surface area (Å²) in [5.41, 5.74) is 1.47. The average molecular weight is 273 g/mol. The van der Waals surface area contributed by atoms with Crippen LogP contribution in [0.25, 0.3) is 0 Å². The normalized spacial score (nSPS) is 9.89. The standard InChI is InChI=1S/C14H11NO3S/c1-9-6-12(13(19-9)14(16)17)18-8-11-4-2-10(7-15)3-5-11/h2-6H,8H2,1H3,(H,16,17). The quantitative estimate of drug-likeness (QED) is 0.928. The Balaban J connectivity index is 2.10. The molecule has 2 rings (SSSR count). The molecule has 0 atom stereocenters. The molecule has 0 radical (unpaired) electrons. The third-order valence-corrected chi connectivity index (χ3v) is 3.51. The maximum atomic E-state index is 11.0. The number of thiophene rings is 1. The molecule has 0 saturated heterocycles. The predicted octanol–water partition coefficient (Wildman–Crippen LogP) is 3.21. The fraction of sp³-hybridized carbons (Fsp3) is 0.143. The van der Waals surface area contributed by atoms with Crippen molar-refractivity contribution >= 4 is 17.3 Å². The summed E-state index contributed by atoms with van der Waals surface area (Å²) in [6, 6.07) is 10.7. The van der Waals surface area contributed by atoms with Gasteiger partial charge in [0.15, 0.2) is 4.88 Å². The zero-order valence-corrected chi connectivity index (χ0v) is 11.0. The Labute approximate surface area is 114 Å². The molecule has 0 spiro atoms. The molecule has 0 amide bonds. The fourth-order valence-electron chi connectivity index (χ4n) is 1.58. The van der Waals surface area contributed by atoms with Crippen LogP contribution in [0.1, 0.15) is 25.7 Å². The van der Waals surface area contributed by atoms with E-state index in [0.29, 0.717) is 11.3 Å². The number of hydrogen-bond acceptors (Lipinski definition) is 4. The van der Waals surface area contributed by atoms with Gasteiger partial charge in [0.25, 0.3) is 0 Å². The molecule has 96 valence electrons. The molecule has 0 saturated carbocycles. The summed E-state index contributed by atoms with van der Waals surface area (Å²) in [6.45, 7) is 2.12. The lowest BCUT2D eigenvalue weighted by Gasteiger charge is -2.05. The molecule has 1 heterocycles. The van der Waals surface area contributed by atoms with E-state index in [2.05, 4.69) is 0 Å². The van der Waals surface area contributed by atoms with E-state index < -0.39 is 5.97 Å². The number of nitriles is 1. The number of rotatable bonds is 4. The number of ether oxygens (including phenoxy) is 1. The summed E-state index contributed by atoms with van der Waals surface area (Å²) < 4.78 is 5.53. The zero-order valence-electron chi connectivity index (χ0n) is 10.2. The maximum Gasteiger partial charge on any atom is 0.349 e. The van der Waals surface area contributed by atoms with E-state index in [9.17, 15) is 4.79 Å². The van der Waals surface area contributed by atoms with Crippen LogP contribution in [0.4, 0.5) is 0 Å². The number of nitrogens with zero attached hydrogens (tertiary/aromatic N) is 1. The minimum Gasteiger partial charge on any atom is -0.487 e. The molecule has 0 aliphatic heterocycles. The molecule has 19 heavy (non-hydrogen) atoms. The fourth-order valence-corrected chi connectivity index (χ4v) is 2.38. The highest BCUT2D eigenvalue weighted by Crippen LogP contribution is 2.29. The highest BCUT2D eigenvalue weighted by atomic mass is 32.1. The first-order valence-corrected chi connectivity index (χ1v) is 6.37. The summed E-state index contributed by atoms with van der Waals surface area (Å²) >= 11 is 1.20. The van der Waals surface area contributed by atoms with Crippen molar-refractivity contribution in [2.45, 2.75) is 13.5 Å². The van der Waals surface area contributed by atoms with E-state index in [1.54, 1.807) is 30.3 Å². The van der Waals surface area contributed by atoms with Crippen molar-refractivity contribution < 1.29 is 14.6 Å². The topological polar surface area (TPSA) is 70.3 Å². The molecule has 0 aliphatic rings. The third kappa shape index (κ3) is 3.12. The van der Waals surface area contributed by atoms with Crippen molar-refractivity contribution in [1.82, 2.24) is 0 Å². The van der Waals surface area contributed by atoms with Gasteiger partial charge >= 0.3 is 5.97 Å². The number of hydrogen-bond donors (Lipinski definition) is 1. The van der Waals surface area contributed by atoms with Crippen LogP contribution in [0, 0.1) is 18.3 Å². The Morgan fingerprint density at radius 3 is 2.68 bits per heavy atom. The van der Waals surface area contributed by atoms with Gasteiger partial charge in [-0.1, -0.05) is 12.1 Å². The first-order valence-electron chi connectivity index (χ1n) is 5.55. The van der Waals surface area contributed by atoms with Gasteiger partial charge < -0.3 is 9.84 Å². The van der Waals surface area contributed by atoms with Crippen LogP contribution in [0.3, 0.4) is 0 Å². The number of aromatic carboxylic acids is 1. The summed E-state index contributed by atoms with van der Waals surface area (Å²) in [5.74, 6) is -0.590. The van der Waals surface area contributed by atoms with Crippen molar-refractivity contribution in [2.75, 3.05) is 0 Å². The number of aryl methyl sites for hydroxylation is 1. The van der Waals surface area contributed by atoms with E-state index in [1.165, 1.54) is 11.3 Å². The molecule has 0 aliphatic carbocycles. The summed E-state index contributed by atoms with van der Waals surface area (Å²) in [7, 11) is 0. The van der Waals surface area contributed by atoms with Gasteiger partial charge in [0.05, 0.1) is 11.6 Å². The molecule has 0 unspecified atom stereocenters. The van der Waals surface area contributed by atoms with Crippen LogP contribution in [-0.2, 0) is 6.61 Å². The second-order valence-electron chi connectivity index (χ2n) is 3.95. The highest BCUT2D eigenvalue weighted by Gasteiger charge is 2.15. The van der Waals surface area contributed by atoms with Crippen molar-refractivity contribution in [3.63, 3.8) is 0 Å². The minimum atomic E-state index is -0.979. The molecule has 1 aromatic carbocycles. The van der Waals surface area contributed by atoms with Gasteiger partial charge in [-0.15, -0.1) is 11.3 Å². The van der Waals surface area contributed by atoms with Crippen LogP contribution in [0.15, 0.2) is 30.3 Å². The van der Waals surface area contributed by atoms with Gasteiger partial charge in [0.1, 0.15) is 12.4 Å². The van der Waals surface area contributed by atoms with E-state index in [4.69, 9.17) is 15.1 Å². The number of benzene rings is 1. The maximum absolute atomic E-state index is 11.0. The van der Waals surface area contributed by atoms with Gasteiger partial charge in [-0.3, -0.25) is 0 Å². The molecule has 0 bridgehead atoms. The smallest absolute Gasteiger partial charge is 0.349 e. The third-order valence-electron chi connectivity index (χ3n) is 2.49. The van der Waals surface area contributed by atoms with Gasteiger partial charge in [-0.05, 0) is 30.7 Å². The SMILES string of the molecule is Cc1cc(OCc2ccc(C#N)cc2)c(C(=O)O)s1.